The molecule has 1 aliphatic heterocycles. The Morgan fingerprint density at radius 1 is 1.16 bits per heavy atom. The van der Waals surface area contributed by atoms with E-state index in [1.807, 2.05) is 19.3 Å². The molecule has 0 radical (unpaired) electrons. The monoisotopic (exact) mass is 341 g/mol. The molecule has 3 rings (SSSR count). The number of pyridine rings is 1. The van der Waals surface area contributed by atoms with Crippen LogP contribution < -0.4 is 10.6 Å². The summed E-state index contributed by atoms with van der Waals surface area (Å²) in [6, 6.07) is 4.33. The molecule has 2 aromatic heterocycles. The highest BCUT2D eigenvalue weighted by Gasteiger charge is 2.19. The van der Waals surface area contributed by atoms with Gasteiger partial charge in [-0.15, -0.1) is 0 Å². The quantitative estimate of drug-likeness (QED) is 0.807. The molecule has 0 spiro atoms. The maximum Gasteiger partial charge on any atom is 0.156 e. The summed E-state index contributed by atoms with van der Waals surface area (Å²) in [7, 11) is 0. The van der Waals surface area contributed by atoms with Gasteiger partial charge in [0.2, 0.25) is 0 Å². The van der Waals surface area contributed by atoms with Crippen molar-refractivity contribution >= 4 is 5.82 Å². The first-order valence-corrected chi connectivity index (χ1v) is 9.15. The molecular formula is C19H27N5O. The van der Waals surface area contributed by atoms with Crippen LogP contribution in [0.15, 0.2) is 24.5 Å². The van der Waals surface area contributed by atoms with Gasteiger partial charge in [-0.05, 0) is 44.0 Å². The summed E-state index contributed by atoms with van der Waals surface area (Å²) in [6.45, 7) is 7.21. The van der Waals surface area contributed by atoms with Crippen molar-refractivity contribution in [2.24, 2.45) is 0 Å². The standard InChI is InChI=1S/C19H27N5O/c1-3-16(14-5-9-20-10-6-14)23-19-15-7-11-21-12-8-17(15)22-18(24-19)13-25-4-2/h5-6,9-10,16,21H,3-4,7-8,11-13H2,1-2H3,(H,22,23,24). The zero-order valence-electron chi connectivity index (χ0n) is 15.1. The number of anilines is 1. The van der Waals surface area contributed by atoms with E-state index in [1.54, 1.807) is 0 Å². The first-order chi connectivity index (χ1) is 12.3. The summed E-state index contributed by atoms with van der Waals surface area (Å²) >= 11 is 0. The fourth-order valence-corrected chi connectivity index (χ4v) is 3.16. The molecule has 0 aliphatic carbocycles. The van der Waals surface area contributed by atoms with Crippen LogP contribution in [0.1, 0.15) is 49.0 Å². The normalized spacial score (nSPS) is 15.3. The second-order valence-corrected chi connectivity index (χ2v) is 6.19. The molecule has 0 amide bonds. The Morgan fingerprint density at radius 3 is 2.72 bits per heavy atom. The highest BCUT2D eigenvalue weighted by atomic mass is 16.5. The summed E-state index contributed by atoms with van der Waals surface area (Å²) in [5.41, 5.74) is 3.60. The lowest BCUT2D eigenvalue weighted by molar-refractivity contribution is 0.128. The fraction of sp³-hybridized carbons (Fsp3) is 0.526. The van der Waals surface area contributed by atoms with Crippen LogP contribution in [0.3, 0.4) is 0 Å². The van der Waals surface area contributed by atoms with Crippen molar-refractivity contribution in [1.29, 1.82) is 0 Å². The first-order valence-electron chi connectivity index (χ1n) is 9.15. The maximum atomic E-state index is 5.54. The van der Waals surface area contributed by atoms with Gasteiger partial charge in [-0.3, -0.25) is 4.98 Å². The Bertz CT molecular complexity index is 677. The van der Waals surface area contributed by atoms with Gasteiger partial charge in [0.1, 0.15) is 12.4 Å². The number of ether oxygens (including phenoxy) is 1. The van der Waals surface area contributed by atoms with Crippen LogP contribution in [0.2, 0.25) is 0 Å². The summed E-state index contributed by atoms with van der Waals surface area (Å²) < 4.78 is 5.54. The van der Waals surface area contributed by atoms with Crippen molar-refractivity contribution in [2.75, 3.05) is 25.0 Å². The fourth-order valence-electron chi connectivity index (χ4n) is 3.16. The molecule has 0 aromatic carbocycles. The molecule has 25 heavy (non-hydrogen) atoms. The van der Waals surface area contributed by atoms with Crippen molar-refractivity contribution < 1.29 is 4.74 Å². The van der Waals surface area contributed by atoms with E-state index >= 15 is 0 Å². The van der Waals surface area contributed by atoms with Crippen LogP contribution in [0.25, 0.3) is 0 Å². The Morgan fingerprint density at radius 2 is 1.96 bits per heavy atom. The van der Waals surface area contributed by atoms with Gasteiger partial charge < -0.3 is 15.4 Å². The average Bonchev–Trinajstić information content (AvgIpc) is 2.90. The predicted molar refractivity (Wildman–Crippen MR) is 98.5 cm³/mol. The summed E-state index contributed by atoms with van der Waals surface area (Å²) in [4.78, 5) is 13.7. The smallest absolute Gasteiger partial charge is 0.156 e. The Kier molecular flexibility index (Phi) is 6.30. The summed E-state index contributed by atoms with van der Waals surface area (Å²) in [6.07, 6.45) is 6.52. The van der Waals surface area contributed by atoms with Gasteiger partial charge in [0.05, 0.1) is 11.7 Å². The Hall–Kier alpha value is -2.05. The second-order valence-electron chi connectivity index (χ2n) is 6.19. The summed E-state index contributed by atoms with van der Waals surface area (Å²) in [5.74, 6) is 1.71. The van der Waals surface area contributed by atoms with Crippen LogP contribution in [0.4, 0.5) is 5.82 Å². The molecule has 3 heterocycles. The van der Waals surface area contributed by atoms with E-state index in [4.69, 9.17) is 14.7 Å². The zero-order valence-corrected chi connectivity index (χ0v) is 15.1. The number of hydrogen-bond acceptors (Lipinski definition) is 6. The molecule has 0 saturated carbocycles. The topological polar surface area (TPSA) is 72.0 Å². The van der Waals surface area contributed by atoms with Gasteiger partial charge in [0, 0.05) is 37.5 Å². The minimum Gasteiger partial charge on any atom is -0.374 e. The predicted octanol–water partition coefficient (Wildman–Crippen LogP) is 2.66. The van der Waals surface area contributed by atoms with E-state index in [9.17, 15) is 0 Å². The third kappa shape index (κ3) is 4.52. The first kappa shape index (κ1) is 17.8. The van der Waals surface area contributed by atoms with Crippen LogP contribution in [-0.4, -0.2) is 34.6 Å². The number of nitrogens with zero attached hydrogens (tertiary/aromatic N) is 3. The lowest BCUT2D eigenvalue weighted by Crippen LogP contribution is -2.17. The molecule has 2 N–H and O–H groups in total. The van der Waals surface area contributed by atoms with Crippen molar-refractivity contribution in [1.82, 2.24) is 20.3 Å². The molecule has 1 unspecified atom stereocenters. The highest BCUT2D eigenvalue weighted by Crippen LogP contribution is 2.26. The molecule has 6 heteroatoms. The van der Waals surface area contributed by atoms with Crippen molar-refractivity contribution in [3.05, 3.63) is 47.2 Å². The average molecular weight is 341 g/mol. The zero-order chi connectivity index (χ0) is 17.5. The number of hydrogen-bond donors (Lipinski definition) is 2. The number of rotatable bonds is 7. The minimum absolute atomic E-state index is 0.207. The van der Waals surface area contributed by atoms with E-state index in [2.05, 4.69) is 34.7 Å². The van der Waals surface area contributed by atoms with Crippen molar-refractivity contribution in [2.45, 2.75) is 45.8 Å². The number of nitrogens with one attached hydrogen (secondary N) is 2. The molecule has 6 nitrogen and oxygen atoms in total. The van der Waals surface area contributed by atoms with Gasteiger partial charge in [-0.25, -0.2) is 9.97 Å². The largest absolute Gasteiger partial charge is 0.374 e. The third-order valence-electron chi connectivity index (χ3n) is 4.49. The number of aromatic nitrogens is 3. The van der Waals surface area contributed by atoms with E-state index in [-0.39, 0.29) is 6.04 Å². The van der Waals surface area contributed by atoms with E-state index in [1.165, 1.54) is 11.1 Å². The van der Waals surface area contributed by atoms with Crippen molar-refractivity contribution in [3.8, 4) is 0 Å². The van der Waals surface area contributed by atoms with Crippen LogP contribution >= 0.6 is 0 Å². The Balaban J connectivity index is 1.92. The molecule has 0 saturated heterocycles. The van der Waals surface area contributed by atoms with E-state index in [0.717, 1.165) is 49.7 Å². The molecule has 0 bridgehead atoms. The van der Waals surface area contributed by atoms with Gasteiger partial charge in [-0.1, -0.05) is 6.92 Å². The van der Waals surface area contributed by atoms with Crippen molar-refractivity contribution in [3.63, 3.8) is 0 Å². The molecule has 1 aliphatic rings. The molecule has 0 fully saturated rings. The molecule has 2 aromatic rings. The van der Waals surface area contributed by atoms with E-state index < -0.39 is 0 Å². The lowest BCUT2D eigenvalue weighted by Gasteiger charge is -2.21. The Labute approximate surface area is 149 Å². The van der Waals surface area contributed by atoms with Crippen LogP contribution in [0, 0.1) is 0 Å². The van der Waals surface area contributed by atoms with Crippen LogP contribution in [0.5, 0.6) is 0 Å². The second kappa shape index (κ2) is 8.87. The third-order valence-corrected chi connectivity index (χ3v) is 4.49. The highest BCUT2D eigenvalue weighted by molar-refractivity contribution is 5.49. The molecule has 134 valence electrons. The van der Waals surface area contributed by atoms with Gasteiger partial charge in [-0.2, -0.15) is 0 Å². The SMILES string of the molecule is CCOCc1nc2c(c(NC(CC)c3ccncc3)n1)CCNCC2. The molecular weight excluding hydrogens is 314 g/mol. The van der Waals surface area contributed by atoms with Gasteiger partial charge in [0.15, 0.2) is 5.82 Å². The number of fused-ring (bicyclic) bond motifs is 1. The van der Waals surface area contributed by atoms with Gasteiger partial charge >= 0.3 is 0 Å². The molecule has 1 atom stereocenters. The van der Waals surface area contributed by atoms with Crippen LogP contribution in [-0.2, 0) is 24.2 Å². The maximum absolute atomic E-state index is 5.54. The lowest BCUT2D eigenvalue weighted by atomic mass is 10.0. The van der Waals surface area contributed by atoms with E-state index in [0.29, 0.717) is 13.2 Å². The van der Waals surface area contributed by atoms with Gasteiger partial charge in [0.25, 0.3) is 0 Å². The minimum atomic E-state index is 0.207. The summed E-state index contributed by atoms with van der Waals surface area (Å²) in [5, 5.41) is 7.10.